The summed E-state index contributed by atoms with van der Waals surface area (Å²) in [6.45, 7) is 3.04. The van der Waals surface area contributed by atoms with E-state index in [1.165, 1.54) is 5.56 Å². The van der Waals surface area contributed by atoms with E-state index >= 15 is 0 Å². The van der Waals surface area contributed by atoms with E-state index in [2.05, 4.69) is 17.0 Å². The molecular weight excluding hydrogens is 294 g/mol. The van der Waals surface area contributed by atoms with Gasteiger partial charge in [0.25, 0.3) is 0 Å². The van der Waals surface area contributed by atoms with Gasteiger partial charge in [0.05, 0.1) is 6.10 Å². The highest BCUT2D eigenvalue weighted by Gasteiger charge is 2.26. The van der Waals surface area contributed by atoms with Crippen molar-refractivity contribution in [3.63, 3.8) is 0 Å². The van der Waals surface area contributed by atoms with Gasteiger partial charge in [-0.15, -0.1) is 0 Å². The van der Waals surface area contributed by atoms with Crippen LogP contribution >= 0.6 is 11.6 Å². The van der Waals surface area contributed by atoms with E-state index in [9.17, 15) is 5.11 Å². The Hall–Kier alpha value is -1.35. The Balaban J connectivity index is 1.53. The second-order valence-electron chi connectivity index (χ2n) is 6.10. The summed E-state index contributed by atoms with van der Waals surface area (Å²) >= 11 is 5.93. The lowest BCUT2D eigenvalue weighted by Gasteiger charge is -2.34. The predicted molar refractivity (Wildman–Crippen MR) is 90.9 cm³/mol. The number of benzene rings is 2. The molecule has 1 aliphatic heterocycles. The Kier molecular flexibility index (Phi) is 5.14. The summed E-state index contributed by atoms with van der Waals surface area (Å²) < 4.78 is 0. The predicted octanol–water partition coefficient (Wildman–Crippen LogP) is 4.29. The standard InChI is InChI=1S/C19H22ClNO/c20-18-8-6-15(7-9-18)14-21-12-10-17(11-13-21)19(22)16-4-2-1-3-5-16/h1-9,17,19,22H,10-14H2. The third-order valence-electron chi connectivity index (χ3n) is 4.54. The minimum absolute atomic E-state index is 0.334. The Labute approximate surface area is 137 Å². The van der Waals surface area contributed by atoms with Gasteiger partial charge in [0.2, 0.25) is 0 Å². The number of likely N-dealkylation sites (tertiary alicyclic amines) is 1. The highest BCUT2D eigenvalue weighted by molar-refractivity contribution is 6.30. The molecule has 116 valence electrons. The van der Waals surface area contributed by atoms with Crippen LogP contribution < -0.4 is 0 Å². The summed E-state index contributed by atoms with van der Waals surface area (Å²) in [5.74, 6) is 0.365. The van der Waals surface area contributed by atoms with Crippen molar-refractivity contribution in [3.8, 4) is 0 Å². The van der Waals surface area contributed by atoms with Crippen LogP contribution in [-0.4, -0.2) is 23.1 Å². The van der Waals surface area contributed by atoms with Crippen LogP contribution in [0.4, 0.5) is 0 Å². The largest absolute Gasteiger partial charge is 0.388 e. The van der Waals surface area contributed by atoms with Gasteiger partial charge in [-0.05, 0) is 55.1 Å². The van der Waals surface area contributed by atoms with Crippen molar-refractivity contribution >= 4 is 11.6 Å². The second kappa shape index (κ2) is 7.28. The summed E-state index contributed by atoms with van der Waals surface area (Å²) in [6, 6.07) is 18.1. The topological polar surface area (TPSA) is 23.5 Å². The summed E-state index contributed by atoms with van der Waals surface area (Å²) in [7, 11) is 0. The fourth-order valence-electron chi connectivity index (χ4n) is 3.20. The maximum absolute atomic E-state index is 10.5. The highest BCUT2D eigenvalue weighted by atomic mass is 35.5. The molecule has 0 bridgehead atoms. The molecule has 3 rings (SSSR count). The van der Waals surface area contributed by atoms with Gasteiger partial charge in [-0.3, -0.25) is 4.90 Å². The van der Waals surface area contributed by atoms with Crippen molar-refractivity contribution in [3.05, 3.63) is 70.7 Å². The van der Waals surface area contributed by atoms with Crippen LogP contribution in [0.5, 0.6) is 0 Å². The molecule has 2 aromatic carbocycles. The molecule has 1 heterocycles. The van der Waals surface area contributed by atoms with Gasteiger partial charge in [0.15, 0.2) is 0 Å². The van der Waals surface area contributed by atoms with Crippen LogP contribution in [0.1, 0.15) is 30.1 Å². The van der Waals surface area contributed by atoms with Crippen molar-refractivity contribution in [2.24, 2.45) is 5.92 Å². The van der Waals surface area contributed by atoms with Gasteiger partial charge in [0.1, 0.15) is 0 Å². The third-order valence-corrected chi connectivity index (χ3v) is 4.79. The van der Waals surface area contributed by atoms with Crippen molar-refractivity contribution in [2.75, 3.05) is 13.1 Å². The quantitative estimate of drug-likeness (QED) is 0.910. The Morgan fingerprint density at radius 1 is 1.00 bits per heavy atom. The summed E-state index contributed by atoms with van der Waals surface area (Å²) in [4.78, 5) is 2.46. The van der Waals surface area contributed by atoms with Crippen LogP contribution in [0.25, 0.3) is 0 Å². The molecule has 0 aromatic heterocycles. The van der Waals surface area contributed by atoms with Gasteiger partial charge >= 0.3 is 0 Å². The second-order valence-corrected chi connectivity index (χ2v) is 6.53. The average molecular weight is 316 g/mol. The van der Waals surface area contributed by atoms with E-state index in [1.807, 2.05) is 42.5 Å². The minimum atomic E-state index is -0.334. The molecule has 0 amide bonds. The number of aliphatic hydroxyl groups excluding tert-OH is 1. The lowest BCUT2D eigenvalue weighted by atomic mass is 9.87. The maximum Gasteiger partial charge on any atom is 0.0819 e. The number of halogens is 1. The zero-order valence-electron chi connectivity index (χ0n) is 12.7. The first-order valence-electron chi connectivity index (χ1n) is 7.92. The summed E-state index contributed by atoms with van der Waals surface area (Å²) in [6.07, 6.45) is 1.76. The highest BCUT2D eigenvalue weighted by Crippen LogP contribution is 2.31. The van der Waals surface area contributed by atoms with E-state index in [-0.39, 0.29) is 6.10 Å². The number of hydrogen-bond acceptors (Lipinski definition) is 2. The first-order valence-corrected chi connectivity index (χ1v) is 8.30. The van der Waals surface area contributed by atoms with Gasteiger partial charge in [0, 0.05) is 11.6 Å². The SMILES string of the molecule is OC(c1ccccc1)C1CCN(Cc2ccc(Cl)cc2)CC1. The fraction of sp³-hybridized carbons (Fsp3) is 0.368. The first kappa shape index (κ1) is 15.5. The molecule has 2 nitrogen and oxygen atoms in total. The zero-order chi connectivity index (χ0) is 15.4. The molecule has 1 N–H and O–H groups in total. The van der Waals surface area contributed by atoms with E-state index < -0.39 is 0 Å². The Morgan fingerprint density at radius 3 is 2.27 bits per heavy atom. The molecule has 1 unspecified atom stereocenters. The molecule has 0 spiro atoms. The number of rotatable bonds is 4. The molecule has 1 aliphatic rings. The third kappa shape index (κ3) is 3.89. The minimum Gasteiger partial charge on any atom is -0.388 e. The van der Waals surface area contributed by atoms with Crippen molar-refractivity contribution in [1.29, 1.82) is 0 Å². The lowest BCUT2D eigenvalue weighted by Crippen LogP contribution is -2.35. The van der Waals surface area contributed by atoms with Crippen molar-refractivity contribution < 1.29 is 5.11 Å². The van der Waals surface area contributed by atoms with E-state index in [0.717, 1.165) is 43.1 Å². The number of hydrogen-bond donors (Lipinski definition) is 1. The van der Waals surface area contributed by atoms with Crippen molar-refractivity contribution in [1.82, 2.24) is 4.90 Å². The molecule has 2 aromatic rings. The van der Waals surface area contributed by atoms with Crippen LogP contribution in [0.3, 0.4) is 0 Å². The molecule has 22 heavy (non-hydrogen) atoms. The maximum atomic E-state index is 10.5. The van der Waals surface area contributed by atoms with Crippen LogP contribution in [0.2, 0.25) is 5.02 Å². The van der Waals surface area contributed by atoms with E-state index in [0.29, 0.717) is 5.92 Å². The number of aliphatic hydroxyl groups is 1. The molecule has 0 radical (unpaired) electrons. The fourth-order valence-corrected chi connectivity index (χ4v) is 3.32. The van der Waals surface area contributed by atoms with Gasteiger partial charge in [-0.1, -0.05) is 54.1 Å². The normalized spacial score (nSPS) is 18.3. The molecular formula is C19H22ClNO. The van der Waals surface area contributed by atoms with Gasteiger partial charge in [-0.25, -0.2) is 0 Å². The molecule has 1 saturated heterocycles. The van der Waals surface area contributed by atoms with Crippen molar-refractivity contribution in [2.45, 2.75) is 25.5 Å². The Morgan fingerprint density at radius 2 is 1.64 bits per heavy atom. The molecule has 0 aliphatic carbocycles. The van der Waals surface area contributed by atoms with Crippen LogP contribution in [-0.2, 0) is 6.54 Å². The molecule has 3 heteroatoms. The Bertz CT molecular complexity index is 576. The smallest absolute Gasteiger partial charge is 0.0819 e. The average Bonchev–Trinajstić information content (AvgIpc) is 2.58. The summed E-state index contributed by atoms with van der Waals surface area (Å²) in [5, 5.41) is 11.3. The van der Waals surface area contributed by atoms with Gasteiger partial charge in [-0.2, -0.15) is 0 Å². The number of piperidine rings is 1. The molecule has 1 fully saturated rings. The monoisotopic (exact) mass is 315 g/mol. The van der Waals surface area contributed by atoms with E-state index in [4.69, 9.17) is 11.6 Å². The number of nitrogens with zero attached hydrogens (tertiary/aromatic N) is 1. The first-order chi connectivity index (χ1) is 10.7. The van der Waals surface area contributed by atoms with Crippen LogP contribution in [0.15, 0.2) is 54.6 Å². The van der Waals surface area contributed by atoms with Gasteiger partial charge < -0.3 is 5.11 Å². The summed E-state index contributed by atoms with van der Waals surface area (Å²) in [5.41, 5.74) is 2.34. The lowest BCUT2D eigenvalue weighted by molar-refractivity contribution is 0.0568. The van der Waals surface area contributed by atoms with E-state index in [1.54, 1.807) is 0 Å². The molecule has 0 saturated carbocycles. The zero-order valence-corrected chi connectivity index (χ0v) is 13.4. The molecule has 1 atom stereocenters. The van der Waals surface area contributed by atoms with Crippen LogP contribution in [0, 0.1) is 5.92 Å².